The van der Waals surface area contributed by atoms with Gasteiger partial charge in [0.2, 0.25) is 0 Å². The van der Waals surface area contributed by atoms with Gasteiger partial charge in [-0.15, -0.1) is 11.3 Å². The van der Waals surface area contributed by atoms with Gasteiger partial charge in [0.25, 0.3) is 0 Å². The van der Waals surface area contributed by atoms with Gasteiger partial charge < -0.3 is 4.90 Å². The summed E-state index contributed by atoms with van der Waals surface area (Å²) in [6.07, 6.45) is 6.73. The van der Waals surface area contributed by atoms with E-state index in [2.05, 4.69) is 24.8 Å². The first-order valence-corrected chi connectivity index (χ1v) is 6.37. The zero-order valence-corrected chi connectivity index (χ0v) is 10.6. The van der Waals surface area contributed by atoms with Gasteiger partial charge in [-0.25, -0.2) is 9.97 Å². The van der Waals surface area contributed by atoms with Gasteiger partial charge >= 0.3 is 0 Å². The molecular weight excluding hydrogens is 246 g/mol. The van der Waals surface area contributed by atoms with Gasteiger partial charge in [-0.2, -0.15) is 0 Å². The average Bonchev–Trinajstić information content (AvgIpc) is 2.87. The van der Waals surface area contributed by atoms with Crippen LogP contribution in [0.3, 0.4) is 0 Å². The lowest BCUT2D eigenvalue weighted by Crippen LogP contribution is -2.18. The summed E-state index contributed by atoms with van der Waals surface area (Å²) in [4.78, 5) is 20.0. The molecular formula is C12H11N5S. The Morgan fingerprint density at radius 2 is 2.17 bits per heavy atom. The Morgan fingerprint density at radius 1 is 1.22 bits per heavy atom. The van der Waals surface area contributed by atoms with Crippen LogP contribution >= 0.6 is 11.3 Å². The summed E-state index contributed by atoms with van der Waals surface area (Å²) in [6, 6.07) is 2.04. The van der Waals surface area contributed by atoms with Crippen molar-refractivity contribution in [2.45, 2.75) is 6.54 Å². The fourth-order valence-electron chi connectivity index (χ4n) is 1.81. The summed E-state index contributed by atoms with van der Waals surface area (Å²) >= 11 is 1.62. The van der Waals surface area contributed by atoms with E-state index in [1.165, 1.54) is 0 Å². The van der Waals surface area contributed by atoms with Crippen molar-refractivity contribution in [2.75, 3.05) is 11.9 Å². The van der Waals surface area contributed by atoms with Gasteiger partial charge in [0, 0.05) is 19.4 Å². The minimum absolute atomic E-state index is 0.676. The molecule has 0 aliphatic carbocycles. The monoisotopic (exact) mass is 257 g/mol. The highest BCUT2D eigenvalue weighted by Crippen LogP contribution is 2.26. The summed E-state index contributed by atoms with van der Waals surface area (Å²) in [5.74, 6) is 0.923. The summed E-state index contributed by atoms with van der Waals surface area (Å²) in [7, 11) is 1.99. The molecule has 18 heavy (non-hydrogen) atoms. The highest BCUT2D eigenvalue weighted by Gasteiger charge is 2.10. The molecule has 0 radical (unpaired) electrons. The molecule has 3 rings (SSSR count). The highest BCUT2D eigenvalue weighted by atomic mass is 32.1. The first-order chi connectivity index (χ1) is 8.84. The maximum atomic E-state index is 4.35. The van der Waals surface area contributed by atoms with Crippen LogP contribution in [0.5, 0.6) is 0 Å². The zero-order valence-electron chi connectivity index (χ0n) is 9.82. The van der Waals surface area contributed by atoms with E-state index in [-0.39, 0.29) is 0 Å². The molecule has 0 amide bonds. The van der Waals surface area contributed by atoms with Crippen LogP contribution in [0, 0.1) is 0 Å². The van der Waals surface area contributed by atoms with Gasteiger partial charge in [0.05, 0.1) is 23.8 Å². The Morgan fingerprint density at radius 3 is 3.00 bits per heavy atom. The molecule has 0 atom stereocenters. The second-order valence-electron chi connectivity index (χ2n) is 3.89. The number of thiophene rings is 1. The van der Waals surface area contributed by atoms with E-state index in [1.54, 1.807) is 36.3 Å². The number of hydrogen-bond acceptors (Lipinski definition) is 6. The third-order valence-electron chi connectivity index (χ3n) is 2.62. The highest BCUT2D eigenvalue weighted by molar-refractivity contribution is 7.16. The van der Waals surface area contributed by atoms with Crippen LogP contribution in [0.1, 0.15) is 5.69 Å². The molecule has 0 saturated heterocycles. The van der Waals surface area contributed by atoms with Crippen LogP contribution in [-0.2, 0) is 6.54 Å². The second kappa shape index (κ2) is 4.66. The Hall–Kier alpha value is -2.08. The fraction of sp³-hybridized carbons (Fsp3) is 0.167. The Balaban J connectivity index is 1.92. The largest absolute Gasteiger partial charge is 0.353 e. The number of hydrogen-bond donors (Lipinski definition) is 0. The molecule has 0 spiro atoms. The zero-order chi connectivity index (χ0) is 12.4. The van der Waals surface area contributed by atoms with Crippen molar-refractivity contribution >= 4 is 27.4 Å². The molecule has 0 aliphatic rings. The molecule has 5 nitrogen and oxygen atoms in total. The van der Waals surface area contributed by atoms with Crippen LogP contribution < -0.4 is 4.90 Å². The number of nitrogens with zero attached hydrogens (tertiary/aromatic N) is 5. The van der Waals surface area contributed by atoms with E-state index < -0.39 is 0 Å². The van der Waals surface area contributed by atoms with Crippen molar-refractivity contribution < 1.29 is 0 Å². The van der Waals surface area contributed by atoms with Crippen LogP contribution in [0.2, 0.25) is 0 Å². The lowest BCUT2D eigenvalue weighted by atomic mass is 10.3. The van der Waals surface area contributed by atoms with Gasteiger partial charge in [0.1, 0.15) is 17.0 Å². The lowest BCUT2D eigenvalue weighted by molar-refractivity contribution is 0.858. The normalized spacial score (nSPS) is 10.7. The summed E-state index contributed by atoms with van der Waals surface area (Å²) in [5.41, 5.74) is 0.919. The number of fused-ring (bicyclic) bond motifs is 1. The summed E-state index contributed by atoms with van der Waals surface area (Å²) < 4.78 is 0. The molecule has 0 saturated carbocycles. The molecule has 0 aliphatic heterocycles. The van der Waals surface area contributed by atoms with E-state index in [4.69, 9.17) is 0 Å². The van der Waals surface area contributed by atoms with Crippen molar-refractivity contribution in [3.63, 3.8) is 0 Å². The molecule has 0 fully saturated rings. The smallest absolute Gasteiger partial charge is 0.140 e. The van der Waals surface area contributed by atoms with E-state index in [1.807, 2.05) is 18.5 Å². The maximum Gasteiger partial charge on any atom is 0.140 e. The molecule has 3 heterocycles. The van der Waals surface area contributed by atoms with Gasteiger partial charge in [-0.05, 0) is 11.4 Å². The van der Waals surface area contributed by atoms with Crippen LogP contribution in [0.15, 0.2) is 36.4 Å². The molecule has 6 heteroatoms. The summed E-state index contributed by atoms with van der Waals surface area (Å²) in [5, 5.41) is 3.10. The van der Waals surface area contributed by atoms with E-state index in [0.29, 0.717) is 6.54 Å². The second-order valence-corrected chi connectivity index (χ2v) is 4.78. The number of anilines is 1. The van der Waals surface area contributed by atoms with Crippen LogP contribution in [0.25, 0.3) is 10.2 Å². The third kappa shape index (κ3) is 2.02. The lowest BCUT2D eigenvalue weighted by Gasteiger charge is -2.17. The van der Waals surface area contributed by atoms with Crippen molar-refractivity contribution in [3.8, 4) is 0 Å². The van der Waals surface area contributed by atoms with Crippen LogP contribution in [0.4, 0.5) is 5.82 Å². The van der Waals surface area contributed by atoms with Gasteiger partial charge in [-0.1, -0.05) is 0 Å². The Kier molecular flexibility index (Phi) is 2.85. The predicted octanol–water partition coefficient (Wildman–Crippen LogP) is 2.12. The summed E-state index contributed by atoms with van der Waals surface area (Å²) in [6.45, 7) is 0.676. The molecule has 3 aromatic rings. The number of rotatable bonds is 3. The predicted molar refractivity (Wildman–Crippen MR) is 71.6 cm³/mol. The quantitative estimate of drug-likeness (QED) is 0.719. The molecule has 0 unspecified atom stereocenters. The maximum absolute atomic E-state index is 4.35. The van der Waals surface area contributed by atoms with Crippen molar-refractivity contribution in [1.82, 2.24) is 19.9 Å². The molecule has 0 aromatic carbocycles. The van der Waals surface area contributed by atoms with Crippen LogP contribution in [-0.4, -0.2) is 27.0 Å². The van der Waals surface area contributed by atoms with Gasteiger partial charge in [-0.3, -0.25) is 9.97 Å². The van der Waals surface area contributed by atoms with E-state index >= 15 is 0 Å². The van der Waals surface area contributed by atoms with Crippen molar-refractivity contribution in [2.24, 2.45) is 0 Å². The standard InChI is InChI=1S/C12H11N5S/c1-17(7-9-6-13-3-4-14-9)11-10-2-5-18-12(10)16-8-15-11/h2-6,8H,7H2,1H3. The fourth-order valence-corrected chi connectivity index (χ4v) is 2.54. The minimum atomic E-state index is 0.676. The SMILES string of the molecule is CN(Cc1cnccn1)c1ncnc2sccc12. The topological polar surface area (TPSA) is 54.8 Å². The molecule has 3 aromatic heterocycles. The first kappa shape index (κ1) is 11.0. The average molecular weight is 257 g/mol. The van der Waals surface area contributed by atoms with E-state index in [0.717, 1.165) is 21.7 Å². The molecule has 0 N–H and O–H groups in total. The van der Waals surface area contributed by atoms with Crippen molar-refractivity contribution in [1.29, 1.82) is 0 Å². The van der Waals surface area contributed by atoms with Crippen molar-refractivity contribution in [3.05, 3.63) is 42.1 Å². The first-order valence-electron chi connectivity index (χ1n) is 5.49. The number of aromatic nitrogens is 4. The Labute approximate surface area is 108 Å². The Bertz CT molecular complexity index is 652. The van der Waals surface area contributed by atoms with E-state index in [9.17, 15) is 0 Å². The molecule has 90 valence electrons. The third-order valence-corrected chi connectivity index (χ3v) is 3.44. The van der Waals surface area contributed by atoms with Gasteiger partial charge in [0.15, 0.2) is 0 Å². The minimum Gasteiger partial charge on any atom is -0.353 e. The molecule has 0 bridgehead atoms.